The predicted molar refractivity (Wildman–Crippen MR) is 72.9 cm³/mol. The molecule has 114 valence electrons. The van der Waals surface area contributed by atoms with Gasteiger partial charge in [-0.25, -0.2) is 0 Å². The summed E-state index contributed by atoms with van der Waals surface area (Å²) in [6, 6.07) is 7.45. The van der Waals surface area contributed by atoms with Crippen molar-refractivity contribution < 1.29 is 17.9 Å². The van der Waals surface area contributed by atoms with E-state index in [1.807, 2.05) is 24.3 Å². The van der Waals surface area contributed by atoms with E-state index in [-0.39, 0.29) is 13.2 Å². The van der Waals surface area contributed by atoms with Crippen molar-refractivity contribution in [3.63, 3.8) is 0 Å². The van der Waals surface area contributed by atoms with Gasteiger partial charge in [0.1, 0.15) is 12.4 Å². The molecule has 0 aliphatic carbocycles. The molecule has 0 saturated carbocycles. The van der Waals surface area contributed by atoms with Gasteiger partial charge in [-0.05, 0) is 37.2 Å². The van der Waals surface area contributed by atoms with Gasteiger partial charge in [0.05, 0.1) is 6.54 Å². The van der Waals surface area contributed by atoms with Crippen molar-refractivity contribution in [3.8, 4) is 5.75 Å². The summed E-state index contributed by atoms with van der Waals surface area (Å²) in [5.41, 5.74) is 6.57. The van der Waals surface area contributed by atoms with Gasteiger partial charge in [0.2, 0.25) is 0 Å². The van der Waals surface area contributed by atoms with Gasteiger partial charge in [-0.1, -0.05) is 19.1 Å². The van der Waals surface area contributed by atoms with E-state index in [1.165, 1.54) is 4.90 Å². The third kappa shape index (κ3) is 6.77. The second-order valence-electron chi connectivity index (χ2n) is 4.52. The number of hydrogen-bond donors (Lipinski definition) is 1. The zero-order valence-corrected chi connectivity index (χ0v) is 11.6. The third-order valence-corrected chi connectivity index (χ3v) is 2.88. The van der Waals surface area contributed by atoms with Crippen LogP contribution in [0.4, 0.5) is 13.2 Å². The smallest absolute Gasteiger partial charge is 0.401 e. The van der Waals surface area contributed by atoms with Gasteiger partial charge in [0, 0.05) is 6.54 Å². The maximum absolute atomic E-state index is 12.3. The zero-order valence-electron chi connectivity index (χ0n) is 11.6. The van der Waals surface area contributed by atoms with Gasteiger partial charge < -0.3 is 10.5 Å². The van der Waals surface area contributed by atoms with E-state index in [0.29, 0.717) is 18.8 Å². The lowest BCUT2D eigenvalue weighted by molar-refractivity contribution is -0.146. The van der Waals surface area contributed by atoms with E-state index < -0.39 is 12.7 Å². The Labute approximate surface area is 117 Å². The fourth-order valence-electron chi connectivity index (χ4n) is 1.81. The molecule has 0 radical (unpaired) electrons. The van der Waals surface area contributed by atoms with Crippen LogP contribution in [0.5, 0.6) is 5.75 Å². The molecular formula is C14H21F3N2O. The number of hydrogen-bond acceptors (Lipinski definition) is 3. The topological polar surface area (TPSA) is 38.5 Å². The molecule has 0 unspecified atom stereocenters. The van der Waals surface area contributed by atoms with Gasteiger partial charge in [0.25, 0.3) is 0 Å². The minimum absolute atomic E-state index is 0.236. The van der Waals surface area contributed by atoms with Crippen molar-refractivity contribution >= 4 is 0 Å². The monoisotopic (exact) mass is 290 g/mol. The van der Waals surface area contributed by atoms with Crippen LogP contribution in [0.15, 0.2) is 24.3 Å². The highest BCUT2D eigenvalue weighted by atomic mass is 19.4. The molecular weight excluding hydrogens is 269 g/mol. The van der Waals surface area contributed by atoms with E-state index in [2.05, 4.69) is 0 Å². The number of nitrogens with zero attached hydrogens (tertiary/aromatic N) is 1. The van der Waals surface area contributed by atoms with Crippen LogP contribution in [0, 0.1) is 0 Å². The van der Waals surface area contributed by atoms with Gasteiger partial charge in [-0.2, -0.15) is 13.2 Å². The summed E-state index contributed by atoms with van der Waals surface area (Å²) in [6.45, 7) is 2.22. The van der Waals surface area contributed by atoms with Crippen LogP contribution in [0.25, 0.3) is 0 Å². The highest BCUT2D eigenvalue weighted by Gasteiger charge is 2.29. The number of likely N-dealkylation sites (N-methyl/N-ethyl adjacent to an activating group) is 1. The number of alkyl halides is 3. The molecule has 3 nitrogen and oxygen atoms in total. The summed E-state index contributed by atoms with van der Waals surface area (Å²) < 4.78 is 42.2. The van der Waals surface area contributed by atoms with Crippen molar-refractivity contribution in [1.29, 1.82) is 0 Å². The fraction of sp³-hybridized carbons (Fsp3) is 0.571. The largest absolute Gasteiger partial charge is 0.492 e. The molecule has 0 fully saturated rings. The summed E-state index contributed by atoms with van der Waals surface area (Å²) in [7, 11) is 0. The Bertz CT molecular complexity index is 379. The summed E-state index contributed by atoms with van der Waals surface area (Å²) >= 11 is 0. The van der Waals surface area contributed by atoms with Crippen LogP contribution in [0.3, 0.4) is 0 Å². The molecule has 1 aromatic rings. The van der Waals surface area contributed by atoms with Gasteiger partial charge in [0.15, 0.2) is 0 Å². The average Bonchev–Trinajstić information content (AvgIpc) is 2.38. The second kappa shape index (κ2) is 8.11. The van der Waals surface area contributed by atoms with E-state index in [9.17, 15) is 13.2 Å². The predicted octanol–water partition coefficient (Wildman–Crippen LogP) is 2.45. The van der Waals surface area contributed by atoms with Gasteiger partial charge in [-0.3, -0.25) is 4.90 Å². The average molecular weight is 290 g/mol. The highest BCUT2D eigenvalue weighted by Crippen LogP contribution is 2.16. The van der Waals surface area contributed by atoms with Crippen LogP contribution in [-0.2, 0) is 6.42 Å². The molecule has 0 aliphatic heterocycles. The first kappa shape index (κ1) is 16.8. The lowest BCUT2D eigenvalue weighted by atomic mass is 10.1. The Balaban J connectivity index is 2.35. The zero-order chi connectivity index (χ0) is 15.0. The van der Waals surface area contributed by atoms with Crippen molar-refractivity contribution in [1.82, 2.24) is 4.90 Å². The normalized spacial score (nSPS) is 11.9. The minimum Gasteiger partial charge on any atom is -0.492 e. The highest BCUT2D eigenvalue weighted by molar-refractivity contribution is 5.27. The lowest BCUT2D eigenvalue weighted by Gasteiger charge is -2.21. The van der Waals surface area contributed by atoms with E-state index in [1.54, 1.807) is 6.92 Å². The number of rotatable bonds is 8. The number of benzene rings is 1. The van der Waals surface area contributed by atoms with Crippen molar-refractivity contribution in [2.45, 2.75) is 19.5 Å². The molecule has 0 bridgehead atoms. The molecule has 2 N–H and O–H groups in total. The molecule has 20 heavy (non-hydrogen) atoms. The number of halogens is 3. The van der Waals surface area contributed by atoms with E-state index in [4.69, 9.17) is 10.5 Å². The van der Waals surface area contributed by atoms with Crippen LogP contribution in [0.1, 0.15) is 12.5 Å². The molecule has 0 aromatic heterocycles. The second-order valence-corrected chi connectivity index (χ2v) is 4.52. The molecule has 0 amide bonds. The summed E-state index contributed by atoms with van der Waals surface area (Å²) in [4.78, 5) is 1.31. The fourth-order valence-corrected chi connectivity index (χ4v) is 1.81. The summed E-state index contributed by atoms with van der Waals surface area (Å²) in [6.07, 6.45) is -3.37. The molecule has 0 atom stereocenters. The first-order valence-corrected chi connectivity index (χ1v) is 6.65. The van der Waals surface area contributed by atoms with Crippen LogP contribution < -0.4 is 10.5 Å². The summed E-state index contributed by atoms with van der Waals surface area (Å²) in [5, 5.41) is 0. The standard InChI is InChI=1S/C14H21F3N2O/c1-2-19(11-14(15,16)17)9-10-20-13-5-3-12(4-6-13)7-8-18/h3-6H,2,7-11,18H2,1H3. The lowest BCUT2D eigenvalue weighted by Crippen LogP contribution is -2.36. The van der Waals surface area contributed by atoms with Gasteiger partial charge >= 0.3 is 6.18 Å². The number of nitrogens with two attached hydrogens (primary N) is 1. The Kier molecular flexibility index (Phi) is 6.81. The van der Waals surface area contributed by atoms with E-state index >= 15 is 0 Å². The molecule has 0 heterocycles. The minimum atomic E-state index is -4.17. The Morgan fingerprint density at radius 3 is 2.35 bits per heavy atom. The van der Waals surface area contributed by atoms with Crippen LogP contribution in [0.2, 0.25) is 0 Å². The molecule has 0 saturated heterocycles. The number of ether oxygens (including phenoxy) is 1. The Morgan fingerprint density at radius 2 is 1.85 bits per heavy atom. The molecule has 0 aliphatic rings. The van der Waals surface area contributed by atoms with Crippen LogP contribution >= 0.6 is 0 Å². The maximum atomic E-state index is 12.3. The Morgan fingerprint density at radius 1 is 1.20 bits per heavy atom. The van der Waals surface area contributed by atoms with Crippen molar-refractivity contribution in [2.24, 2.45) is 5.73 Å². The van der Waals surface area contributed by atoms with Crippen molar-refractivity contribution in [2.75, 3.05) is 32.8 Å². The van der Waals surface area contributed by atoms with E-state index in [0.717, 1.165) is 12.0 Å². The molecule has 1 rings (SSSR count). The van der Waals surface area contributed by atoms with Gasteiger partial charge in [-0.15, -0.1) is 0 Å². The summed E-state index contributed by atoms with van der Waals surface area (Å²) in [5.74, 6) is 0.661. The van der Waals surface area contributed by atoms with Crippen LogP contribution in [-0.4, -0.2) is 43.9 Å². The quantitative estimate of drug-likeness (QED) is 0.799. The first-order valence-electron chi connectivity index (χ1n) is 6.65. The molecule has 1 aromatic carbocycles. The maximum Gasteiger partial charge on any atom is 0.401 e. The molecule has 0 spiro atoms. The third-order valence-electron chi connectivity index (χ3n) is 2.88. The van der Waals surface area contributed by atoms with Crippen molar-refractivity contribution in [3.05, 3.63) is 29.8 Å². The molecule has 6 heteroatoms. The Hall–Kier alpha value is -1.27. The first-order chi connectivity index (χ1) is 9.44. The SMILES string of the molecule is CCN(CCOc1ccc(CCN)cc1)CC(F)(F)F.